The molecule has 3 rings (SSSR count). The summed E-state index contributed by atoms with van der Waals surface area (Å²) in [4.78, 5) is 12.4. The number of carbonyl (C=O) groups is 1. The zero-order valence-electron chi connectivity index (χ0n) is 16.2. The predicted molar refractivity (Wildman–Crippen MR) is 112 cm³/mol. The number of sulfonamides is 1. The molecule has 0 spiro atoms. The SMILES string of the molecule is COc1ccc(NC(=O)[C@H](Cc2ccccc2)NS(=O)(=O)c2ccccc2F)cc1. The molecule has 30 heavy (non-hydrogen) atoms. The van der Waals surface area contributed by atoms with Gasteiger partial charge in [-0.05, 0) is 48.4 Å². The molecule has 0 aliphatic carbocycles. The summed E-state index contributed by atoms with van der Waals surface area (Å²) in [5.74, 6) is -0.836. The molecule has 0 saturated heterocycles. The van der Waals surface area contributed by atoms with Gasteiger partial charge in [-0.15, -0.1) is 0 Å². The van der Waals surface area contributed by atoms with Crippen LogP contribution < -0.4 is 14.8 Å². The molecular weight excluding hydrogens is 407 g/mol. The van der Waals surface area contributed by atoms with Gasteiger partial charge in [0.2, 0.25) is 15.9 Å². The quantitative estimate of drug-likeness (QED) is 0.576. The standard InChI is InChI=1S/C22H21FN2O4S/c1-29-18-13-11-17(12-14-18)24-22(26)20(15-16-7-3-2-4-8-16)25-30(27,28)21-10-6-5-9-19(21)23/h2-14,20,25H,15H2,1H3,(H,24,26)/t20-/m0/s1. The summed E-state index contributed by atoms with van der Waals surface area (Å²) in [5, 5.41) is 2.69. The van der Waals surface area contributed by atoms with Crippen LogP contribution >= 0.6 is 0 Å². The van der Waals surface area contributed by atoms with Gasteiger partial charge in [0.05, 0.1) is 7.11 Å². The summed E-state index contributed by atoms with van der Waals surface area (Å²) in [6.45, 7) is 0. The fourth-order valence-corrected chi connectivity index (χ4v) is 4.13. The number of rotatable bonds is 8. The number of hydrogen-bond acceptors (Lipinski definition) is 4. The first-order valence-corrected chi connectivity index (χ1v) is 10.6. The third-order valence-electron chi connectivity index (χ3n) is 4.38. The number of anilines is 1. The molecule has 0 aromatic heterocycles. The lowest BCUT2D eigenvalue weighted by atomic mass is 10.1. The zero-order valence-corrected chi connectivity index (χ0v) is 17.0. The van der Waals surface area contributed by atoms with Crippen LogP contribution in [-0.2, 0) is 21.2 Å². The first-order chi connectivity index (χ1) is 14.4. The molecule has 156 valence electrons. The van der Waals surface area contributed by atoms with Crippen molar-refractivity contribution in [2.45, 2.75) is 17.4 Å². The summed E-state index contributed by atoms with van der Waals surface area (Å²) in [6.07, 6.45) is 0.0938. The second-order valence-electron chi connectivity index (χ2n) is 6.51. The van der Waals surface area contributed by atoms with Crippen LogP contribution in [0.4, 0.5) is 10.1 Å². The van der Waals surface area contributed by atoms with Gasteiger partial charge in [0, 0.05) is 5.69 Å². The van der Waals surface area contributed by atoms with Gasteiger partial charge in [-0.1, -0.05) is 42.5 Å². The van der Waals surface area contributed by atoms with Crippen LogP contribution in [0, 0.1) is 5.82 Å². The van der Waals surface area contributed by atoms with E-state index in [1.807, 2.05) is 6.07 Å². The fourth-order valence-electron chi connectivity index (χ4n) is 2.85. The number of nitrogens with one attached hydrogen (secondary N) is 2. The molecular formula is C22H21FN2O4S. The number of amides is 1. The molecule has 0 fully saturated rings. The minimum absolute atomic E-state index is 0.0938. The summed E-state index contributed by atoms with van der Waals surface area (Å²) < 4.78 is 47.0. The molecule has 1 atom stereocenters. The second-order valence-corrected chi connectivity index (χ2v) is 8.19. The lowest BCUT2D eigenvalue weighted by Gasteiger charge is -2.19. The second kappa shape index (κ2) is 9.51. The average Bonchev–Trinajstić information content (AvgIpc) is 2.74. The van der Waals surface area contributed by atoms with Crippen LogP contribution in [0.2, 0.25) is 0 Å². The summed E-state index contributed by atoms with van der Waals surface area (Å²) in [7, 11) is -2.74. The first-order valence-electron chi connectivity index (χ1n) is 9.15. The molecule has 6 nitrogen and oxygen atoms in total. The molecule has 0 saturated carbocycles. The van der Waals surface area contributed by atoms with Gasteiger partial charge in [0.1, 0.15) is 22.5 Å². The van der Waals surface area contributed by atoms with Crippen molar-refractivity contribution in [1.82, 2.24) is 4.72 Å². The fraction of sp³-hybridized carbons (Fsp3) is 0.136. The van der Waals surface area contributed by atoms with Crippen LogP contribution in [-0.4, -0.2) is 27.5 Å². The maximum absolute atomic E-state index is 14.1. The van der Waals surface area contributed by atoms with Crippen molar-refractivity contribution in [3.63, 3.8) is 0 Å². The maximum atomic E-state index is 14.1. The van der Waals surface area contributed by atoms with E-state index in [1.54, 1.807) is 48.5 Å². The van der Waals surface area contributed by atoms with Crippen molar-refractivity contribution in [2.75, 3.05) is 12.4 Å². The van der Waals surface area contributed by atoms with Crippen molar-refractivity contribution >= 4 is 21.6 Å². The van der Waals surface area contributed by atoms with Gasteiger partial charge in [0.15, 0.2) is 0 Å². The molecule has 0 aliphatic heterocycles. The molecule has 3 aromatic rings. The van der Waals surface area contributed by atoms with Crippen molar-refractivity contribution in [3.8, 4) is 5.75 Å². The normalized spacial score (nSPS) is 12.2. The van der Waals surface area contributed by atoms with Crippen molar-refractivity contribution in [3.05, 3.63) is 90.2 Å². The molecule has 0 unspecified atom stereocenters. The molecule has 0 radical (unpaired) electrons. The minimum atomic E-state index is -4.26. The van der Waals surface area contributed by atoms with Crippen LogP contribution in [0.25, 0.3) is 0 Å². The Morgan fingerprint density at radius 1 is 0.967 bits per heavy atom. The van der Waals surface area contributed by atoms with Gasteiger partial charge in [-0.3, -0.25) is 4.79 Å². The maximum Gasteiger partial charge on any atom is 0.244 e. The largest absolute Gasteiger partial charge is 0.497 e. The average molecular weight is 428 g/mol. The minimum Gasteiger partial charge on any atom is -0.497 e. The zero-order chi connectivity index (χ0) is 21.6. The number of carbonyl (C=O) groups excluding carboxylic acids is 1. The van der Waals surface area contributed by atoms with Crippen molar-refractivity contribution in [1.29, 1.82) is 0 Å². The summed E-state index contributed by atoms with van der Waals surface area (Å²) in [6, 6.07) is 19.5. The Bertz CT molecular complexity index is 1100. The van der Waals surface area contributed by atoms with E-state index in [0.29, 0.717) is 11.4 Å². The van der Waals surface area contributed by atoms with Crippen molar-refractivity contribution < 1.29 is 22.3 Å². The lowest BCUT2D eigenvalue weighted by Crippen LogP contribution is -2.45. The van der Waals surface area contributed by atoms with Gasteiger partial charge in [0.25, 0.3) is 0 Å². The Hall–Kier alpha value is -3.23. The van der Waals surface area contributed by atoms with Gasteiger partial charge < -0.3 is 10.1 Å². The topological polar surface area (TPSA) is 84.5 Å². The van der Waals surface area contributed by atoms with Crippen molar-refractivity contribution in [2.24, 2.45) is 0 Å². The predicted octanol–water partition coefficient (Wildman–Crippen LogP) is 3.36. The van der Waals surface area contributed by atoms with E-state index in [9.17, 15) is 17.6 Å². The van der Waals surface area contributed by atoms with Gasteiger partial charge in [-0.25, -0.2) is 12.8 Å². The molecule has 0 bridgehead atoms. The summed E-state index contributed by atoms with van der Waals surface area (Å²) in [5.41, 5.74) is 1.23. The first kappa shape index (κ1) is 21.5. The van der Waals surface area contributed by atoms with E-state index in [1.165, 1.54) is 19.2 Å². The Morgan fingerprint density at radius 2 is 1.60 bits per heavy atom. The highest BCUT2D eigenvalue weighted by molar-refractivity contribution is 7.89. The van der Waals surface area contributed by atoms with Crippen LogP contribution in [0.5, 0.6) is 5.75 Å². The van der Waals surface area contributed by atoms with E-state index < -0.39 is 32.7 Å². The van der Waals surface area contributed by atoms with Crippen LogP contribution in [0.1, 0.15) is 5.56 Å². The molecule has 2 N–H and O–H groups in total. The monoisotopic (exact) mass is 428 g/mol. The molecule has 8 heteroatoms. The Balaban J connectivity index is 1.85. The molecule has 1 amide bonds. The number of halogens is 1. The Kier molecular flexibility index (Phi) is 6.81. The van der Waals surface area contributed by atoms with E-state index in [2.05, 4.69) is 10.0 Å². The highest BCUT2D eigenvalue weighted by Crippen LogP contribution is 2.18. The van der Waals surface area contributed by atoms with Crippen LogP contribution in [0.15, 0.2) is 83.8 Å². The number of benzene rings is 3. The van der Waals surface area contributed by atoms with E-state index in [-0.39, 0.29) is 6.42 Å². The smallest absolute Gasteiger partial charge is 0.244 e. The van der Waals surface area contributed by atoms with E-state index in [4.69, 9.17) is 4.74 Å². The summed E-state index contributed by atoms with van der Waals surface area (Å²) >= 11 is 0. The number of ether oxygens (including phenoxy) is 1. The van der Waals surface area contributed by atoms with Gasteiger partial charge in [-0.2, -0.15) is 4.72 Å². The van der Waals surface area contributed by atoms with Crippen LogP contribution in [0.3, 0.4) is 0 Å². The molecule has 3 aromatic carbocycles. The van der Waals surface area contributed by atoms with E-state index in [0.717, 1.165) is 17.7 Å². The molecule has 0 heterocycles. The third kappa shape index (κ3) is 5.43. The Morgan fingerprint density at radius 3 is 2.23 bits per heavy atom. The highest BCUT2D eigenvalue weighted by atomic mass is 32.2. The van der Waals surface area contributed by atoms with Gasteiger partial charge >= 0.3 is 0 Å². The number of hydrogen-bond donors (Lipinski definition) is 2. The Labute approximate surface area is 174 Å². The van der Waals surface area contributed by atoms with E-state index >= 15 is 0 Å². The highest BCUT2D eigenvalue weighted by Gasteiger charge is 2.28. The lowest BCUT2D eigenvalue weighted by molar-refractivity contribution is -0.117. The third-order valence-corrected chi connectivity index (χ3v) is 5.89. The molecule has 0 aliphatic rings. The number of methoxy groups -OCH3 is 1.